The summed E-state index contributed by atoms with van der Waals surface area (Å²) in [4.78, 5) is 15.2. The Labute approximate surface area is 217 Å². The van der Waals surface area contributed by atoms with E-state index in [2.05, 4.69) is 44.9 Å². The minimum Gasteiger partial charge on any atom is -0.486 e. The molecule has 2 aromatic heterocycles. The Morgan fingerprint density at radius 1 is 1.11 bits per heavy atom. The van der Waals surface area contributed by atoms with Gasteiger partial charge in [-0.05, 0) is 62.2 Å². The predicted molar refractivity (Wildman–Crippen MR) is 144 cm³/mol. The number of aromatic nitrogens is 3. The van der Waals surface area contributed by atoms with Gasteiger partial charge in [-0.25, -0.2) is 23.7 Å². The minimum absolute atomic E-state index is 0.00900. The summed E-state index contributed by atoms with van der Waals surface area (Å²) in [6.45, 7) is 6.91. The van der Waals surface area contributed by atoms with Crippen molar-refractivity contribution < 1.29 is 13.5 Å². The molecule has 37 heavy (non-hydrogen) atoms. The van der Waals surface area contributed by atoms with Gasteiger partial charge in [0.2, 0.25) is 5.95 Å². The molecular weight excluding hydrogens is 494 g/mol. The summed E-state index contributed by atoms with van der Waals surface area (Å²) >= 11 is 1.47. The van der Waals surface area contributed by atoms with Crippen LogP contribution in [0, 0.1) is 11.6 Å². The average molecular weight is 521 g/mol. The van der Waals surface area contributed by atoms with E-state index in [1.165, 1.54) is 28.5 Å². The van der Waals surface area contributed by atoms with Gasteiger partial charge in [-0.15, -0.1) is 0 Å². The van der Waals surface area contributed by atoms with Gasteiger partial charge >= 0.3 is 0 Å². The smallest absolute Gasteiger partial charge is 0.229 e. The highest BCUT2D eigenvalue weighted by molar-refractivity contribution is 7.22. The van der Waals surface area contributed by atoms with Crippen molar-refractivity contribution in [2.24, 2.45) is 0 Å². The van der Waals surface area contributed by atoms with Crippen molar-refractivity contribution in [2.75, 3.05) is 36.5 Å². The Morgan fingerprint density at radius 3 is 2.81 bits per heavy atom. The first-order chi connectivity index (χ1) is 18.0. The molecule has 4 aromatic rings. The molecule has 4 heterocycles. The van der Waals surface area contributed by atoms with Crippen LogP contribution < -0.4 is 20.3 Å². The summed E-state index contributed by atoms with van der Waals surface area (Å²) in [6, 6.07) is 9.38. The van der Waals surface area contributed by atoms with Crippen LogP contribution in [0.25, 0.3) is 27.0 Å². The summed E-state index contributed by atoms with van der Waals surface area (Å²) in [7, 11) is 0. The lowest BCUT2D eigenvalue weighted by atomic mass is 10.0. The van der Waals surface area contributed by atoms with Crippen LogP contribution in [0.4, 0.5) is 25.5 Å². The summed E-state index contributed by atoms with van der Waals surface area (Å²) in [5.41, 5.74) is 4.27. The Morgan fingerprint density at radius 2 is 2.00 bits per heavy atom. The monoisotopic (exact) mass is 520 g/mol. The van der Waals surface area contributed by atoms with E-state index in [1.54, 1.807) is 6.07 Å². The normalized spacial score (nSPS) is 15.5. The van der Waals surface area contributed by atoms with Crippen molar-refractivity contribution in [3.05, 3.63) is 59.8 Å². The van der Waals surface area contributed by atoms with E-state index >= 15 is 0 Å². The molecular formula is C27H26F2N6OS. The highest BCUT2D eigenvalue weighted by atomic mass is 32.1. The first-order valence-electron chi connectivity index (χ1n) is 12.3. The van der Waals surface area contributed by atoms with Crippen LogP contribution >= 0.6 is 11.3 Å². The molecule has 0 radical (unpaired) electrons. The van der Waals surface area contributed by atoms with Crippen LogP contribution in [-0.4, -0.2) is 47.2 Å². The number of ether oxygens (including phenoxy) is 1. The standard InChI is InChI=1S/C27H26F2N6OS/c1-15(2)35-9-10-36-25-19(28)11-18(13-22(25)35)24-20(29)14-31-26(33-24)34-27-32-21-12-17(3-4-23(21)37-27)16-5-7-30-8-6-16/h3-5,11-15,30H,6-10H2,1-2H3,(H,31,32,33,34). The van der Waals surface area contributed by atoms with Crippen molar-refractivity contribution in [3.8, 4) is 17.0 Å². The van der Waals surface area contributed by atoms with E-state index < -0.39 is 11.6 Å². The zero-order chi connectivity index (χ0) is 25.5. The number of fused-ring (bicyclic) bond motifs is 2. The van der Waals surface area contributed by atoms with Gasteiger partial charge in [0.15, 0.2) is 22.5 Å². The summed E-state index contributed by atoms with van der Waals surface area (Å²) in [6.07, 6.45) is 4.28. The lowest BCUT2D eigenvalue weighted by Crippen LogP contribution is -2.38. The van der Waals surface area contributed by atoms with Crippen molar-refractivity contribution in [3.63, 3.8) is 0 Å². The van der Waals surface area contributed by atoms with Crippen LogP contribution in [0.3, 0.4) is 0 Å². The number of rotatable bonds is 5. The molecule has 10 heteroatoms. The molecule has 0 atom stereocenters. The summed E-state index contributed by atoms with van der Waals surface area (Å²) in [5, 5.41) is 7.02. The molecule has 190 valence electrons. The van der Waals surface area contributed by atoms with E-state index in [-0.39, 0.29) is 23.4 Å². The molecule has 2 aliphatic heterocycles. The van der Waals surface area contributed by atoms with E-state index in [0.29, 0.717) is 29.5 Å². The number of anilines is 3. The molecule has 2 aliphatic rings. The maximum Gasteiger partial charge on any atom is 0.229 e. The Bertz CT molecular complexity index is 1520. The fourth-order valence-electron chi connectivity index (χ4n) is 4.77. The van der Waals surface area contributed by atoms with Crippen LogP contribution in [0.15, 0.2) is 42.6 Å². The second-order valence-corrected chi connectivity index (χ2v) is 10.4. The number of hydrogen-bond acceptors (Lipinski definition) is 8. The number of halogens is 2. The molecule has 0 spiro atoms. The first-order valence-corrected chi connectivity index (χ1v) is 13.1. The molecule has 0 saturated heterocycles. The van der Waals surface area contributed by atoms with Crippen molar-refractivity contribution in [1.29, 1.82) is 0 Å². The molecule has 0 unspecified atom stereocenters. The second kappa shape index (κ2) is 9.68. The van der Waals surface area contributed by atoms with Gasteiger partial charge in [-0.3, -0.25) is 5.32 Å². The Kier molecular flexibility index (Phi) is 6.21. The quantitative estimate of drug-likeness (QED) is 0.347. The minimum atomic E-state index is -0.637. The maximum atomic E-state index is 15.0. The Balaban J connectivity index is 1.31. The van der Waals surface area contributed by atoms with Crippen LogP contribution in [0.2, 0.25) is 0 Å². The summed E-state index contributed by atoms with van der Waals surface area (Å²) < 4.78 is 36.4. The first kappa shape index (κ1) is 23.7. The van der Waals surface area contributed by atoms with Crippen molar-refractivity contribution in [2.45, 2.75) is 26.3 Å². The molecule has 6 rings (SSSR count). The molecule has 2 N–H and O–H groups in total. The number of nitrogens with zero attached hydrogens (tertiary/aromatic N) is 4. The van der Waals surface area contributed by atoms with Gasteiger partial charge in [-0.2, -0.15) is 0 Å². The molecule has 7 nitrogen and oxygen atoms in total. The molecule has 0 amide bonds. The van der Waals surface area contributed by atoms with E-state index in [1.807, 2.05) is 18.7 Å². The fraction of sp³-hybridized carbons (Fsp3) is 0.296. The van der Waals surface area contributed by atoms with Gasteiger partial charge < -0.3 is 15.0 Å². The van der Waals surface area contributed by atoms with Gasteiger partial charge in [0, 0.05) is 18.2 Å². The van der Waals surface area contributed by atoms with Crippen LogP contribution in [0.5, 0.6) is 5.75 Å². The van der Waals surface area contributed by atoms with Gasteiger partial charge in [0.25, 0.3) is 0 Å². The van der Waals surface area contributed by atoms with Crippen LogP contribution in [0.1, 0.15) is 25.8 Å². The van der Waals surface area contributed by atoms with E-state index in [9.17, 15) is 8.78 Å². The maximum absolute atomic E-state index is 15.0. The number of thiazole rings is 1. The number of benzene rings is 2. The van der Waals surface area contributed by atoms with Gasteiger partial charge in [0.05, 0.1) is 28.6 Å². The lowest BCUT2D eigenvalue weighted by molar-refractivity contribution is 0.287. The molecule has 0 bridgehead atoms. The van der Waals surface area contributed by atoms with Gasteiger partial charge in [-0.1, -0.05) is 23.5 Å². The average Bonchev–Trinajstić information content (AvgIpc) is 3.31. The van der Waals surface area contributed by atoms with Crippen LogP contribution in [-0.2, 0) is 0 Å². The highest BCUT2D eigenvalue weighted by Gasteiger charge is 2.26. The fourth-order valence-corrected chi connectivity index (χ4v) is 5.61. The molecule has 0 fully saturated rings. The topological polar surface area (TPSA) is 75.2 Å². The van der Waals surface area contributed by atoms with Gasteiger partial charge in [0.1, 0.15) is 12.3 Å². The predicted octanol–water partition coefficient (Wildman–Crippen LogP) is 5.76. The summed E-state index contributed by atoms with van der Waals surface area (Å²) in [5.74, 6) is -0.810. The third-order valence-electron chi connectivity index (χ3n) is 6.59. The Hall–Kier alpha value is -3.63. The molecule has 0 saturated carbocycles. The second-order valence-electron chi connectivity index (χ2n) is 9.34. The highest BCUT2D eigenvalue weighted by Crippen LogP contribution is 2.39. The van der Waals surface area contributed by atoms with Crippen molar-refractivity contribution in [1.82, 2.24) is 20.3 Å². The third-order valence-corrected chi connectivity index (χ3v) is 7.55. The lowest BCUT2D eigenvalue weighted by Gasteiger charge is -2.34. The zero-order valence-corrected chi connectivity index (χ0v) is 21.3. The van der Waals surface area contributed by atoms with E-state index in [4.69, 9.17) is 9.72 Å². The molecule has 0 aliphatic carbocycles. The SMILES string of the molecule is CC(C)N1CCOc2c(F)cc(-c3nc(Nc4nc5cc(C6=CCNCC6)ccc5s4)ncc3F)cc21. The number of hydrogen-bond donors (Lipinski definition) is 2. The third kappa shape index (κ3) is 4.62. The number of nitrogens with one attached hydrogen (secondary N) is 2. The zero-order valence-electron chi connectivity index (χ0n) is 20.5. The largest absolute Gasteiger partial charge is 0.486 e. The van der Waals surface area contributed by atoms with Crippen molar-refractivity contribution >= 4 is 43.9 Å². The van der Waals surface area contributed by atoms with E-state index in [0.717, 1.165) is 35.9 Å². The molecule has 2 aromatic carbocycles.